The van der Waals surface area contributed by atoms with E-state index in [2.05, 4.69) is 20.7 Å². The van der Waals surface area contributed by atoms with E-state index < -0.39 is 21.8 Å². The van der Waals surface area contributed by atoms with Gasteiger partial charge in [0, 0.05) is 18.6 Å². The molecular formula is C19H14ClN5O4S2. The molecule has 0 fully saturated rings. The maximum Gasteiger partial charge on any atom is 0.327 e. The molecule has 4 rings (SSSR count). The molecule has 4 aromatic rings. The number of benzene rings is 2. The van der Waals surface area contributed by atoms with Crippen molar-refractivity contribution in [3.63, 3.8) is 0 Å². The zero-order valence-corrected chi connectivity index (χ0v) is 18.3. The molecule has 0 aliphatic carbocycles. The Bertz CT molecular complexity index is 1410. The van der Waals surface area contributed by atoms with Crippen LogP contribution in [0.25, 0.3) is 15.9 Å². The first-order valence-electron chi connectivity index (χ1n) is 8.73. The molecule has 12 heteroatoms. The molecule has 2 heterocycles. The van der Waals surface area contributed by atoms with Gasteiger partial charge in [0.25, 0.3) is 5.91 Å². The van der Waals surface area contributed by atoms with Gasteiger partial charge in [-0.1, -0.05) is 22.9 Å². The number of hydrogen-bond acceptors (Lipinski definition) is 7. The van der Waals surface area contributed by atoms with Crippen LogP contribution in [0.4, 0.5) is 9.93 Å². The zero-order valence-electron chi connectivity index (χ0n) is 15.9. The van der Waals surface area contributed by atoms with Gasteiger partial charge >= 0.3 is 6.03 Å². The average Bonchev–Trinajstić information content (AvgIpc) is 3.36. The van der Waals surface area contributed by atoms with Crippen molar-refractivity contribution in [1.29, 1.82) is 0 Å². The number of amides is 3. The minimum absolute atomic E-state index is 0.104. The first kappa shape index (κ1) is 21.0. The SMILES string of the molecule is CS(=O)(=O)c1ccc2nc(NC(=O)NC(=O)c3cc(-n4cccn4)ccc3Cl)sc2c1. The van der Waals surface area contributed by atoms with Crippen LogP contribution in [-0.4, -0.2) is 41.4 Å². The first-order chi connectivity index (χ1) is 14.7. The molecule has 0 radical (unpaired) electrons. The summed E-state index contributed by atoms with van der Waals surface area (Å²) in [6.07, 6.45) is 4.42. The Morgan fingerprint density at radius 1 is 1.16 bits per heavy atom. The van der Waals surface area contributed by atoms with Crippen molar-refractivity contribution in [2.45, 2.75) is 4.90 Å². The van der Waals surface area contributed by atoms with Crippen molar-refractivity contribution in [2.75, 3.05) is 11.6 Å². The van der Waals surface area contributed by atoms with Gasteiger partial charge < -0.3 is 0 Å². The van der Waals surface area contributed by atoms with Crippen molar-refractivity contribution >= 4 is 60.1 Å². The van der Waals surface area contributed by atoms with Crippen molar-refractivity contribution in [3.05, 3.63) is 65.4 Å². The molecule has 0 saturated carbocycles. The van der Waals surface area contributed by atoms with E-state index in [9.17, 15) is 18.0 Å². The number of halogens is 1. The molecular weight excluding hydrogens is 462 g/mol. The van der Waals surface area contributed by atoms with E-state index in [1.165, 1.54) is 24.3 Å². The summed E-state index contributed by atoms with van der Waals surface area (Å²) in [5.74, 6) is -0.697. The molecule has 0 aliphatic heterocycles. The third kappa shape index (κ3) is 4.58. The number of carbonyl (C=O) groups is 2. The molecule has 0 bridgehead atoms. The second-order valence-electron chi connectivity index (χ2n) is 6.44. The van der Waals surface area contributed by atoms with Crippen LogP contribution in [0.15, 0.2) is 59.8 Å². The Kier molecular flexibility index (Phi) is 5.48. The number of anilines is 1. The van der Waals surface area contributed by atoms with Gasteiger partial charge in [0.15, 0.2) is 15.0 Å². The van der Waals surface area contributed by atoms with Gasteiger partial charge in [-0.15, -0.1) is 0 Å². The second kappa shape index (κ2) is 8.10. The number of hydrogen-bond donors (Lipinski definition) is 2. The fourth-order valence-corrected chi connectivity index (χ4v) is 4.56. The Morgan fingerprint density at radius 3 is 2.68 bits per heavy atom. The third-order valence-corrected chi connectivity index (χ3v) is 6.57. The smallest absolute Gasteiger partial charge is 0.283 e. The van der Waals surface area contributed by atoms with Gasteiger partial charge in [0.2, 0.25) is 0 Å². The number of sulfone groups is 1. The lowest BCUT2D eigenvalue weighted by Gasteiger charge is -2.08. The standard InChI is InChI=1S/C19H14ClN5O4S2/c1-31(28,29)12-4-6-15-16(10-12)30-19(22-15)24-18(27)23-17(26)13-9-11(3-5-14(13)20)25-8-2-7-21-25/h2-10H,1H3,(H2,22,23,24,26,27). The van der Waals surface area contributed by atoms with Crippen LogP contribution in [0, 0.1) is 0 Å². The molecule has 2 aromatic carbocycles. The summed E-state index contributed by atoms with van der Waals surface area (Å²) in [6, 6.07) is 10.2. The topological polar surface area (TPSA) is 123 Å². The molecule has 0 saturated heterocycles. The van der Waals surface area contributed by atoms with E-state index in [1.54, 1.807) is 35.3 Å². The molecule has 0 atom stereocenters. The van der Waals surface area contributed by atoms with Gasteiger partial charge in [0.05, 0.1) is 31.4 Å². The first-order valence-corrected chi connectivity index (χ1v) is 11.8. The van der Waals surface area contributed by atoms with Gasteiger partial charge in [-0.05, 0) is 42.5 Å². The highest BCUT2D eigenvalue weighted by atomic mass is 35.5. The zero-order chi connectivity index (χ0) is 22.2. The number of nitrogens with one attached hydrogen (secondary N) is 2. The number of nitrogens with zero attached hydrogens (tertiary/aromatic N) is 3. The van der Waals surface area contributed by atoms with Gasteiger partial charge in [0.1, 0.15) is 0 Å². The monoisotopic (exact) mass is 475 g/mol. The van der Waals surface area contributed by atoms with Crippen LogP contribution in [0.1, 0.15) is 10.4 Å². The molecule has 0 spiro atoms. The lowest BCUT2D eigenvalue weighted by Crippen LogP contribution is -2.34. The molecule has 0 unspecified atom stereocenters. The Labute approximate surface area is 185 Å². The number of urea groups is 1. The van der Waals surface area contributed by atoms with Crippen LogP contribution in [-0.2, 0) is 9.84 Å². The molecule has 158 valence electrons. The van der Waals surface area contributed by atoms with Crippen molar-refractivity contribution in [3.8, 4) is 5.69 Å². The quantitative estimate of drug-likeness (QED) is 0.465. The fourth-order valence-electron chi connectivity index (χ4n) is 2.74. The molecule has 2 aromatic heterocycles. The van der Waals surface area contributed by atoms with E-state index >= 15 is 0 Å². The largest absolute Gasteiger partial charge is 0.327 e. The number of thiazole rings is 1. The van der Waals surface area contributed by atoms with Gasteiger partial charge in [-0.25, -0.2) is 22.9 Å². The number of imide groups is 1. The Hall–Kier alpha value is -3.28. The third-order valence-electron chi connectivity index (χ3n) is 4.20. The summed E-state index contributed by atoms with van der Waals surface area (Å²) < 4.78 is 25.5. The molecule has 2 N–H and O–H groups in total. The van der Waals surface area contributed by atoms with Crippen LogP contribution in [0.5, 0.6) is 0 Å². The maximum absolute atomic E-state index is 12.5. The van der Waals surface area contributed by atoms with Crippen LogP contribution >= 0.6 is 22.9 Å². The van der Waals surface area contributed by atoms with Crippen LogP contribution in [0.2, 0.25) is 5.02 Å². The highest BCUT2D eigenvalue weighted by Gasteiger charge is 2.17. The lowest BCUT2D eigenvalue weighted by atomic mass is 10.2. The molecule has 0 aliphatic rings. The number of rotatable bonds is 4. The average molecular weight is 476 g/mol. The predicted molar refractivity (Wildman–Crippen MR) is 118 cm³/mol. The summed E-state index contributed by atoms with van der Waals surface area (Å²) in [5, 5.41) is 9.16. The summed E-state index contributed by atoms with van der Waals surface area (Å²) in [6.45, 7) is 0. The molecule has 3 amide bonds. The van der Waals surface area contributed by atoms with E-state index in [0.29, 0.717) is 15.9 Å². The maximum atomic E-state index is 12.5. The Balaban J connectivity index is 1.50. The van der Waals surface area contributed by atoms with Crippen LogP contribution in [0.3, 0.4) is 0 Å². The van der Waals surface area contributed by atoms with Crippen LogP contribution < -0.4 is 10.6 Å². The summed E-state index contributed by atoms with van der Waals surface area (Å²) in [5.41, 5.74) is 1.23. The number of fused-ring (bicyclic) bond motifs is 1. The van der Waals surface area contributed by atoms with Crippen molar-refractivity contribution < 1.29 is 18.0 Å². The minimum Gasteiger partial charge on any atom is -0.283 e. The van der Waals surface area contributed by atoms with Crippen molar-refractivity contribution in [2.24, 2.45) is 0 Å². The highest BCUT2D eigenvalue weighted by Crippen LogP contribution is 2.28. The lowest BCUT2D eigenvalue weighted by molar-refractivity contribution is 0.0967. The highest BCUT2D eigenvalue weighted by molar-refractivity contribution is 7.90. The Morgan fingerprint density at radius 2 is 1.97 bits per heavy atom. The van der Waals surface area contributed by atoms with Gasteiger partial charge in [-0.3, -0.25) is 15.4 Å². The van der Waals surface area contributed by atoms with Gasteiger partial charge in [-0.2, -0.15) is 5.10 Å². The van der Waals surface area contributed by atoms with Crippen molar-refractivity contribution in [1.82, 2.24) is 20.1 Å². The molecule has 31 heavy (non-hydrogen) atoms. The van der Waals surface area contributed by atoms with E-state index in [4.69, 9.17) is 11.6 Å². The van der Waals surface area contributed by atoms with E-state index in [-0.39, 0.29) is 20.6 Å². The molecule has 9 nitrogen and oxygen atoms in total. The summed E-state index contributed by atoms with van der Waals surface area (Å²) in [4.78, 5) is 29.2. The van der Waals surface area contributed by atoms with E-state index in [0.717, 1.165) is 17.6 Å². The normalized spacial score (nSPS) is 11.4. The second-order valence-corrected chi connectivity index (χ2v) is 9.90. The minimum atomic E-state index is -3.36. The number of carbonyl (C=O) groups excluding carboxylic acids is 2. The predicted octanol–water partition coefficient (Wildman–Crippen LogP) is 3.50. The van der Waals surface area contributed by atoms with E-state index in [1.807, 2.05) is 0 Å². The number of aromatic nitrogens is 3. The summed E-state index contributed by atoms with van der Waals surface area (Å²) in [7, 11) is -3.36. The fraction of sp³-hybridized carbons (Fsp3) is 0.0526. The summed E-state index contributed by atoms with van der Waals surface area (Å²) >= 11 is 7.21.